The average molecular weight is 699 g/mol. The van der Waals surface area contributed by atoms with Gasteiger partial charge in [-0.25, -0.2) is 25.6 Å². The van der Waals surface area contributed by atoms with Crippen molar-refractivity contribution in [2.45, 2.75) is 35.5 Å². The number of nitrogens with zero attached hydrogens (tertiary/aromatic N) is 2. The number of benzene rings is 4. The zero-order chi connectivity index (χ0) is 34.6. The maximum Gasteiger partial charge on any atom is 0.264 e. The second-order valence-electron chi connectivity index (χ2n) is 10.7. The van der Waals surface area contributed by atoms with Gasteiger partial charge in [-0.05, 0) is 85.6 Å². The lowest BCUT2D eigenvalue weighted by molar-refractivity contribution is -0.120. The van der Waals surface area contributed by atoms with Crippen LogP contribution in [0.25, 0.3) is 0 Å². The molecule has 0 aliphatic heterocycles. The number of carbonyl (C=O) groups is 2. The smallest absolute Gasteiger partial charge is 0.264 e. The molecule has 0 bridgehead atoms. The van der Waals surface area contributed by atoms with Crippen LogP contribution in [0, 0.1) is 11.6 Å². The number of anilines is 2. The molecule has 0 fully saturated rings. The minimum absolute atomic E-state index is 0.00445. The van der Waals surface area contributed by atoms with Crippen molar-refractivity contribution in [2.75, 3.05) is 34.8 Å². The highest BCUT2D eigenvalue weighted by atomic mass is 32.2. The third-order valence-electron chi connectivity index (χ3n) is 7.21. The van der Waals surface area contributed by atoms with Crippen LogP contribution >= 0.6 is 0 Å². The Bertz CT molecular complexity index is 1720. The van der Waals surface area contributed by atoms with Crippen LogP contribution in [0.15, 0.2) is 119 Å². The maximum atomic E-state index is 13.5. The fourth-order valence-electron chi connectivity index (χ4n) is 4.72. The first kappa shape index (κ1) is 36.0. The predicted molar refractivity (Wildman–Crippen MR) is 179 cm³/mol. The zero-order valence-electron chi connectivity index (χ0n) is 26.0. The van der Waals surface area contributed by atoms with E-state index < -0.39 is 56.6 Å². The molecule has 4 aromatic rings. The molecule has 4 rings (SSSR count). The highest BCUT2D eigenvalue weighted by Gasteiger charge is 2.28. The second kappa shape index (κ2) is 16.8. The molecule has 14 heteroatoms. The van der Waals surface area contributed by atoms with Crippen LogP contribution in [0.4, 0.5) is 20.2 Å². The van der Waals surface area contributed by atoms with Crippen LogP contribution in [0.1, 0.15) is 25.7 Å². The van der Waals surface area contributed by atoms with Crippen LogP contribution in [-0.4, -0.2) is 54.8 Å². The van der Waals surface area contributed by atoms with E-state index in [1.807, 2.05) is 0 Å². The molecule has 4 aromatic carbocycles. The van der Waals surface area contributed by atoms with E-state index in [9.17, 15) is 35.2 Å². The summed E-state index contributed by atoms with van der Waals surface area (Å²) in [5.41, 5.74) is 0.298. The van der Waals surface area contributed by atoms with Crippen molar-refractivity contribution in [3.63, 3.8) is 0 Å². The van der Waals surface area contributed by atoms with E-state index in [4.69, 9.17) is 0 Å². The Morgan fingerprint density at radius 1 is 0.500 bits per heavy atom. The molecular formula is C34H36F2N4O6S2. The van der Waals surface area contributed by atoms with Crippen LogP contribution in [-0.2, 0) is 29.6 Å². The predicted octanol–water partition coefficient (Wildman–Crippen LogP) is 4.85. The fraction of sp³-hybridized carbons (Fsp3) is 0.235. The van der Waals surface area contributed by atoms with E-state index in [0.29, 0.717) is 25.7 Å². The molecule has 2 N–H and O–H groups in total. The quantitative estimate of drug-likeness (QED) is 0.152. The van der Waals surface area contributed by atoms with Crippen LogP contribution in [0.2, 0.25) is 0 Å². The Kier molecular flexibility index (Phi) is 12.6. The van der Waals surface area contributed by atoms with Crippen molar-refractivity contribution in [3.05, 3.63) is 121 Å². The monoisotopic (exact) mass is 698 g/mol. The first-order valence-corrected chi connectivity index (χ1v) is 18.1. The van der Waals surface area contributed by atoms with Gasteiger partial charge < -0.3 is 10.6 Å². The average Bonchev–Trinajstić information content (AvgIpc) is 3.09. The molecule has 0 heterocycles. The first-order chi connectivity index (χ1) is 23.0. The second-order valence-corrected chi connectivity index (χ2v) is 14.4. The van der Waals surface area contributed by atoms with Crippen molar-refractivity contribution >= 4 is 43.2 Å². The van der Waals surface area contributed by atoms with Gasteiger partial charge in [-0.3, -0.25) is 18.2 Å². The van der Waals surface area contributed by atoms with Crippen LogP contribution in [0.3, 0.4) is 0 Å². The molecule has 0 spiro atoms. The largest absolute Gasteiger partial charge is 0.355 e. The lowest BCUT2D eigenvalue weighted by Gasteiger charge is -2.24. The number of hydrogen-bond acceptors (Lipinski definition) is 6. The molecule has 0 saturated carbocycles. The van der Waals surface area contributed by atoms with E-state index in [0.717, 1.165) is 32.9 Å². The molecular weight excluding hydrogens is 663 g/mol. The molecule has 10 nitrogen and oxygen atoms in total. The molecule has 0 saturated heterocycles. The molecule has 48 heavy (non-hydrogen) atoms. The zero-order valence-corrected chi connectivity index (χ0v) is 27.6. The van der Waals surface area contributed by atoms with Gasteiger partial charge in [0.1, 0.15) is 24.7 Å². The van der Waals surface area contributed by atoms with E-state index in [2.05, 4.69) is 10.6 Å². The Hall–Kier alpha value is -4.82. The van der Waals surface area contributed by atoms with Gasteiger partial charge in [-0.2, -0.15) is 0 Å². The summed E-state index contributed by atoms with van der Waals surface area (Å²) < 4.78 is 82.1. The summed E-state index contributed by atoms with van der Waals surface area (Å²) >= 11 is 0. The highest BCUT2D eigenvalue weighted by molar-refractivity contribution is 7.93. The molecule has 254 valence electrons. The number of amides is 2. The third-order valence-corrected chi connectivity index (χ3v) is 10.8. The van der Waals surface area contributed by atoms with E-state index in [1.165, 1.54) is 48.5 Å². The van der Waals surface area contributed by atoms with Crippen LogP contribution < -0.4 is 19.2 Å². The lowest BCUT2D eigenvalue weighted by Crippen LogP contribution is -2.41. The Morgan fingerprint density at radius 2 is 0.833 bits per heavy atom. The van der Waals surface area contributed by atoms with Crippen molar-refractivity contribution in [2.24, 2.45) is 0 Å². The van der Waals surface area contributed by atoms with Crippen LogP contribution in [0.5, 0.6) is 0 Å². The minimum atomic E-state index is -4.10. The highest BCUT2D eigenvalue weighted by Crippen LogP contribution is 2.25. The number of sulfonamides is 2. The Morgan fingerprint density at radius 3 is 1.17 bits per heavy atom. The van der Waals surface area contributed by atoms with Gasteiger partial charge in [0.05, 0.1) is 21.2 Å². The van der Waals surface area contributed by atoms with E-state index >= 15 is 0 Å². The molecule has 0 aliphatic carbocycles. The van der Waals surface area contributed by atoms with Gasteiger partial charge in [0.25, 0.3) is 20.0 Å². The molecule has 0 unspecified atom stereocenters. The SMILES string of the molecule is O=C(CN(c1ccc(F)cc1)S(=O)(=O)c1ccccc1)NCCCCCCNC(=O)CN(c1ccc(F)cc1)S(=O)(=O)c1ccccc1. The lowest BCUT2D eigenvalue weighted by atomic mass is 10.2. The first-order valence-electron chi connectivity index (χ1n) is 15.2. The number of carbonyl (C=O) groups excluding carboxylic acids is 2. The molecule has 0 aromatic heterocycles. The molecule has 0 atom stereocenters. The van der Waals surface area contributed by atoms with Gasteiger partial charge in [-0.1, -0.05) is 49.2 Å². The minimum Gasteiger partial charge on any atom is -0.355 e. The summed E-state index contributed by atoms with van der Waals surface area (Å²) in [6, 6.07) is 25.0. The summed E-state index contributed by atoms with van der Waals surface area (Å²) in [6.45, 7) is -0.413. The third kappa shape index (κ3) is 9.84. The summed E-state index contributed by atoms with van der Waals surface area (Å²) in [7, 11) is -8.20. The Labute approximate surface area is 279 Å². The van der Waals surface area contributed by atoms with E-state index in [-0.39, 0.29) is 34.3 Å². The molecule has 2 amide bonds. The number of nitrogens with one attached hydrogen (secondary N) is 2. The summed E-state index contributed by atoms with van der Waals surface area (Å²) in [5, 5.41) is 5.44. The normalized spacial score (nSPS) is 11.5. The van der Waals surface area contributed by atoms with Crippen molar-refractivity contribution in [1.82, 2.24) is 10.6 Å². The number of unbranched alkanes of at least 4 members (excludes halogenated alkanes) is 3. The molecule has 0 aliphatic rings. The number of halogens is 2. The summed E-state index contributed by atoms with van der Waals surface area (Å²) in [6.07, 6.45) is 2.58. The van der Waals surface area contributed by atoms with Crippen molar-refractivity contribution in [3.8, 4) is 0 Å². The van der Waals surface area contributed by atoms with Gasteiger partial charge in [0.2, 0.25) is 11.8 Å². The molecule has 0 radical (unpaired) electrons. The van der Waals surface area contributed by atoms with Gasteiger partial charge >= 0.3 is 0 Å². The summed E-state index contributed by atoms with van der Waals surface area (Å²) in [4.78, 5) is 25.5. The fourth-order valence-corrected chi connectivity index (χ4v) is 7.60. The Balaban J connectivity index is 1.22. The van der Waals surface area contributed by atoms with Gasteiger partial charge in [-0.15, -0.1) is 0 Å². The van der Waals surface area contributed by atoms with Crippen molar-refractivity contribution in [1.29, 1.82) is 0 Å². The van der Waals surface area contributed by atoms with E-state index in [1.54, 1.807) is 36.4 Å². The van der Waals surface area contributed by atoms with Crippen molar-refractivity contribution < 1.29 is 35.2 Å². The number of hydrogen-bond donors (Lipinski definition) is 2. The summed E-state index contributed by atoms with van der Waals surface area (Å²) in [5.74, 6) is -2.13. The maximum absolute atomic E-state index is 13.5. The van der Waals surface area contributed by atoms with Gasteiger partial charge in [0, 0.05) is 13.1 Å². The van der Waals surface area contributed by atoms with Gasteiger partial charge in [0.15, 0.2) is 0 Å². The standard InChI is InChI=1S/C34H36F2N4O6S2/c35-27-15-19-29(20-16-27)39(47(43,44)31-11-5-3-6-12-31)25-33(41)37-23-9-1-2-10-24-38-34(42)26-40(30-21-17-28(36)18-22-30)48(45,46)32-13-7-4-8-14-32/h3-8,11-22H,1-2,9-10,23-26H2,(H,37,41)(H,38,42). The topological polar surface area (TPSA) is 133 Å². The number of rotatable bonds is 17.